The Morgan fingerprint density at radius 3 is 2.32 bits per heavy atom. The van der Waals surface area contributed by atoms with Crippen molar-refractivity contribution in [2.45, 2.75) is 5.25 Å². The highest BCUT2D eigenvalue weighted by atomic mass is 32.2. The van der Waals surface area contributed by atoms with E-state index in [0.717, 1.165) is 22.4 Å². The predicted molar refractivity (Wildman–Crippen MR) is 169 cm³/mol. The molecule has 3 aromatic carbocycles. The van der Waals surface area contributed by atoms with Gasteiger partial charge < -0.3 is 23.8 Å². The molecule has 228 valence electrons. The summed E-state index contributed by atoms with van der Waals surface area (Å²) in [6.45, 7) is 1.80. The normalized spacial score (nSPS) is 16.7. The molecule has 0 spiro atoms. The van der Waals surface area contributed by atoms with Gasteiger partial charge >= 0.3 is 0 Å². The van der Waals surface area contributed by atoms with Crippen LogP contribution in [0.4, 0.5) is 5.82 Å². The van der Waals surface area contributed by atoms with Gasteiger partial charge in [0.15, 0.2) is 0 Å². The molecule has 10 nitrogen and oxygen atoms in total. The zero-order valence-corrected chi connectivity index (χ0v) is 25.7. The third-order valence-corrected chi connectivity index (χ3v) is 9.07. The number of thioether (sulfide) groups is 1. The van der Waals surface area contributed by atoms with Crippen molar-refractivity contribution in [2.75, 3.05) is 64.8 Å². The van der Waals surface area contributed by atoms with Gasteiger partial charge in [0.05, 0.1) is 56.9 Å². The molecule has 2 aliphatic rings. The average Bonchev–Trinajstić information content (AvgIpc) is 3.41. The van der Waals surface area contributed by atoms with Crippen molar-refractivity contribution < 1.29 is 28.5 Å². The smallest absolute Gasteiger partial charge is 0.242 e. The lowest BCUT2D eigenvalue weighted by Gasteiger charge is -2.30. The second-order valence-electron chi connectivity index (χ2n) is 10.3. The van der Waals surface area contributed by atoms with Crippen molar-refractivity contribution in [3.05, 3.63) is 83.9 Å². The van der Waals surface area contributed by atoms with Gasteiger partial charge in [-0.25, -0.2) is 4.68 Å². The molecule has 1 unspecified atom stereocenters. The Labute approximate surface area is 260 Å². The van der Waals surface area contributed by atoms with E-state index in [1.807, 2.05) is 72.8 Å². The Bertz CT molecular complexity index is 1640. The number of methoxy groups -OCH3 is 3. The summed E-state index contributed by atoms with van der Waals surface area (Å²) >= 11 is 1.48. The first kappa shape index (κ1) is 29.6. The molecular weight excluding hydrogens is 580 g/mol. The number of amides is 2. The summed E-state index contributed by atoms with van der Waals surface area (Å²) in [5.41, 5.74) is 3.97. The van der Waals surface area contributed by atoms with Crippen LogP contribution in [0.1, 0.15) is 16.4 Å². The molecule has 4 aromatic rings. The van der Waals surface area contributed by atoms with Crippen LogP contribution in [0, 0.1) is 0 Å². The van der Waals surface area contributed by atoms with E-state index in [1.54, 1.807) is 35.8 Å². The number of hydrogen-bond acceptors (Lipinski definition) is 8. The lowest BCUT2D eigenvalue weighted by molar-refractivity contribution is -0.134. The molecule has 1 fully saturated rings. The minimum absolute atomic E-state index is 0.121. The van der Waals surface area contributed by atoms with Crippen LogP contribution in [0.15, 0.2) is 72.8 Å². The second kappa shape index (κ2) is 13.0. The fourth-order valence-electron chi connectivity index (χ4n) is 5.57. The third-order valence-electron chi connectivity index (χ3n) is 7.83. The van der Waals surface area contributed by atoms with Gasteiger partial charge in [-0.05, 0) is 42.5 Å². The summed E-state index contributed by atoms with van der Waals surface area (Å²) in [5.74, 6) is 2.39. The van der Waals surface area contributed by atoms with Crippen LogP contribution in [0.25, 0.3) is 16.9 Å². The first-order valence-electron chi connectivity index (χ1n) is 14.3. The molecule has 0 N–H and O–H groups in total. The number of anilines is 1. The maximum atomic E-state index is 14.1. The molecule has 1 atom stereocenters. The number of carbonyl (C=O) groups is 2. The van der Waals surface area contributed by atoms with Gasteiger partial charge in [0.1, 0.15) is 29.6 Å². The standard InChI is InChI=1S/C33H34N4O6S/c1-40-24-11-9-23(10-12-24)37-33-30(31(34-37)22-7-5-4-6-8-22)32(26-19-25(41-2)13-14-27(26)42-3)44-21-29(39)36(33)20-28(38)35-15-17-43-18-16-35/h4-14,19,32H,15-18,20-21H2,1-3H3. The van der Waals surface area contributed by atoms with Gasteiger partial charge in [-0.15, -0.1) is 11.8 Å². The van der Waals surface area contributed by atoms with Crippen LogP contribution in [0.5, 0.6) is 17.2 Å². The van der Waals surface area contributed by atoms with Crippen molar-refractivity contribution in [3.63, 3.8) is 0 Å². The monoisotopic (exact) mass is 614 g/mol. The van der Waals surface area contributed by atoms with E-state index in [-0.39, 0.29) is 29.4 Å². The summed E-state index contributed by atoms with van der Waals surface area (Å²) < 4.78 is 24.1. The molecule has 6 rings (SSSR count). The van der Waals surface area contributed by atoms with Gasteiger partial charge in [0.2, 0.25) is 11.8 Å². The minimum atomic E-state index is -0.371. The molecular formula is C33H34N4O6S. The van der Waals surface area contributed by atoms with Crippen LogP contribution in [-0.4, -0.2) is 86.4 Å². The summed E-state index contributed by atoms with van der Waals surface area (Å²) in [4.78, 5) is 31.1. The molecule has 2 amide bonds. The van der Waals surface area contributed by atoms with Gasteiger partial charge in [-0.2, -0.15) is 5.10 Å². The van der Waals surface area contributed by atoms with Crippen molar-refractivity contribution in [2.24, 2.45) is 0 Å². The zero-order chi connectivity index (χ0) is 30.6. The van der Waals surface area contributed by atoms with E-state index in [0.29, 0.717) is 55.1 Å². The molecule has 0 saturated carbocycles. The predicted octanol–water partition coefficient (Wildman–Crippen LogP) is 4.59. The number of morpholine rings is 1. The van der Waals surface area contributed by atoms with Crippen molar-refractivity contribution >= 4 is 29.4 Å². The molecule has 0 radical (unpaired) electrons. The van der Waals surface area contributed by atoms with E-state index in [2.05, 4.69) is 0 Å². The highest BCUT2D eigenvalue weighted by Gasteiger charge is 2.39. The number of rotatable bonds is 8. The van der Waals surface area contributed by atoms with Crippen LogP contribution in [0.2, 0.25) is 0 Å². The highest BCUT2D eigenvalue weighted by molar-refractivity contribution is 8.00. The van der Waals surface area contributed by atoms with Crippen LogP contribution in [-0.2, 0) is 14.3 Å². The lowest BCUT2D eigenvalue weighted by Crippen LogP contribution is -2.48. The molecule has 1 saturated heterocycles. The Kier molecular flexibility index (Phi) is 8.76. The number of aromatic nitrogens is 2. The molecule has 1 aromatic heterocycles. The summed E-state index contributed by atoms with van der Waals surface area (Å²) in [6, 6.07) is 23.0. The maximum absolute atomic E-state index is 14.1. The highest BCUT2D eigenvalue weighted by Crippen LogP contribution is 2.51. The summed E-state index contributed by atoms with van der Waals surface area (Å²) in [5, 5.41) is 4.79. The van der Waals surface area contributed by atoms with E-state index in [9.17, 15) is 9.59 Å². The number of carbonyl (C=O) groups excluding carboxylic acids is 2. The number of ether oxygens (including phenoxy) is 4. The fourth-order valence-corrected chi connectivity index (χ4v) is 6.78. The Balaban J connectivity index is 1.61. The van der Waals surface area contributed by atoms with E-state index < -0.39 is 0 Å². The summed E-state index contributed by atoms with van der Waals surface area (Å²) in [6.07, 6.45) is 0. The Hall–Kier alpha value is -4.48. The molecule has 3 heterocycles. The van der Waals surface area contributed by atoms with Crippen LogP contribution >= 0.6 is 11.8 Å². The van der Waals surface area contributed by atoms with Crippen LogP contribution in [0.3, 0.4) is 0 Å². The lowest BCUT2D eigenvalue weighted by atomic mass is 9.98. The fraction of sp³-hybridized carbons (Fsp3) is 0.303. The number of benzene rings is 3. The van der Waals surface area contributed by atoms with Crippen molar-refractivity contribution in [1.29, 1.82) is 0 Å². The number of nitrogens with zero attached hydrogens (tertiary/aromatic N) is 4. The zero-order valence-electron chi connectivity index (χ0n) is 24.9. The molecule has 2 aliphatic heterocycles. The van der Waals surface area contributed by atoms with Crippen molar-refractivity contribution in [3.8, 4) is 34.2 Å². The number of fused-ring (bicyclic) bond motifs is 1. The minimum Gasteiger partial charge on any atom is -0.497 e. The SMILES string of the molecule is COc1ccc(-n2nc(-c3ccccc3)c3c2N(CC(=O)N2CCOCC2)C(=O)CSC3c2cc(OC)ccc2OC)cc1. The van der Waals surface area contributed by atoms with Crippen molar-refractivity contribution in [1.82, 2.24) is 14.7 Å². The Morgan fingerprint density at radius 1 is 0.932 bits per heavy atom. The average molecular weight is 615 g/mol. The molecule has 0 aliphatic carbocycles. The van der Waals surface area contributed by atoms with Gasteiger partial charge in [0.25, 0.3) is 0 Å². The van der Waals surface area contributed by atoms with E-state index >= 15 is 0 Å². The number of hydrogen-bond donors (Lipinski definition) is 0. The summed E-state index contributed by atoms with van der Waals surface area (Å²) in [7, 11) is 4.87. The topological polar surface area (TPSA) is 95.4 Å². The third kappa shape index (κ3) is 5.72. The van der Waals surface area contributed by atoms with Gasteiger partial charge in [0, 0.05) is 29.8 Å². The van der Waals surface area contributed by atoms with Gasteiger partial charge in [-0.1, -0.05) is 30.3 Å². The van der Waals surface area contributed by atoms with E-state index in [4.69, 9.17) is 24.0 Å². The Morgan fingerprint density at radius 2 is 1.64 bits per heavy atom. The molecule has 44 heavy (non-hydrogen) atoms. The van der Waals surface area contributed by atoms with E-state index in [1.165, 1.54) is 11.8 Å². The maximum Gasteiger partial charge on any atom is 0.242 e. The largest absolute Gasteiger partial charge is 0.497 e. The van der Waals surface area contributed by atoms with Gasteiger partial charge in [-0.3, -0.25) is 14.5 Å². The quantitative estimate of drug-likeness (QED) is 0.285. The molecule has 0 bridgehead atoms. The first-order chi connectivity index (χ1) is 21.5. The van der Waals surface area contributed by atoms with Crippen LogP contribution < -0.4 is 19.1 Å². The molecule has 11 heteroatoms. The first-order valence-corrected chi connectivity index (χ1v) is 15.4. The second-order valence-corrected chi connectivity index (χ2v) is 11.4.